The molecule has 23 heavy (non-hydrogen) atoms. The lowest BCUT2D eigenvalue weighted by atomic mass is 9.77. The Kier molecular flexibility index (Phi) is 8.33. The van der Waals surface area contributed by atoms with Crippen LogP contribution >= 0.6 is 0 Å². The molecule has 136 valence electrons. The lowest BCUT2D eigenvalue weighted by Crippen LogP contribution is -2.24. The van der Waals surface area contributed by atoms with Gasteiger partial charge in [0.05, 0.1) is 0 Å². The van der Waals surface area contributed by atoms with Gasteiger partial charge >= 0.3 is 0 Å². The molecule has 0 aliphatic heterocycles. The Bertz CT molecular complexity index is 299. The maximum Gasteiger partial charge on any atom is 0.248 e. The molecule has 0 spiro atoms. The number of unbranched alkanes of at least 4 members (excludes halogenated alkanes) is 2. The van der Waals surface area contributed by atoms with E-state index >= 15 is 0 Å². The van der Waals surface area contributed by atoms with E-state index in [2.05, 4.69) is 6.92 Å². The molecular weight excluding hydrogens is 290 g/mol. The van der Waals surface area contributed by atoms with Crippen LogP contribution in [0.25, 0.3) is 0 Å². The van der Waals surface area contributed by atoms with Crippen LogP contribution < -0.4 is 0 Å². The lowest BCUT2D eigenvalue weighted by Gasteiger charge is -2.31. The minimum atomic E-state index is -2.40. The summed E-state index contributed by atoms with van der Waals surface area (Å²) in [5.41, 5.74) is 0. The zero-order valence-corrected chi connectivity index (χ0v) is 15.3. The van der Waals surface area contributed by atoms with Crippen LogP contribution in [-0.4, -0.2) is 5.92 Å². The average molecular weight is 329 g/mol. The molecule has 0 saturated heterocycles. The van der Waals surface area contributed by atoms with Gasteiger partial charge in [0, 0.05) is 12.8 Å². The van der Waals surface area contributed by atoms with Crippen LogP contribution in [0.3, 0.4) is 0 Å². The van der Waals surface area contributed by atoms with E-state index in [0.29, 0.717) is 11.8 Å². The van der Waals surface area contributed by atoms with Gasteiger partial charge < -0.3 is 0 Å². The molecule has 0 unspecified atom stereocenters. The summed E-state index contributed by atoms with van der Waals surface area (Å²) in [5.74, 6) is -0.636. The summed E-state index contributed by atoms with van der Waals surface area (Å²) in [6, 6.07) is 0. The van der Waals surface area contributed by atoms with Crippen LogP contribution in [-0.2, 0) is 0 Å². The molecule has 2 saturated carbocycles. The van der Waals surface area contributed by atoms with E-state index in [1.807, 2.05) is 0 Å². The summed E-state index contributed by atoms with van der Waals surface area (Å²) in [6.45, 7) is 2.25. The Labute approximate surface area is 142 Å². The van der Waals surface area contributed by atoms with E-state index in [1.54, 1.807) is 0 Å². The minimum Gasteiger partial charge on any atom is -0.207 e. The third-order valence-electron chi connectivity index (χ3n) is 6.41. The molecule has 0 heterocycles. The van der Waals surface area contributed by atoms with Crippen LogP contribution in [0.15, 0.2) is 0 Å². The van der Waals surface area contributed by atoms with Gasteiger partial charge in [-0.05, 0) is 24.2 Å². The Balaban J connectivity index is 1.60. The van der Waals surface area contributed by atoms with Gasteiger partial charge in [-0.25, -0.2) is 8.78 Å². The van der Waals surface area contributed by atoms with Gasteiger partial charge in [-0.15, -0.1) is 0 Å². The van der Waals surface area contributed by atoms with Crippen molar-refractivity contribution in [1.29, 1.82) is 0 Å². The maximum absolute atomic E-state index is 14.2. The van der Waals surface area contributed by atoms with Gasteiger partial charge in [-0.3, -0.25) is 0 Å². The quantitative estimate of drug-likeness (QED) is 0.379. The number of alkyl halides is 2. The highest BCUT2D eigenvalue weighted by Gasteiger charge is 2.34. The predicted octanol–water partition coefficient (Wildman–Crippen LogP) is 7.76. The molecule has 2 aliphatic carbocycles. The highest BCUT2D eigenvalue weighted by atomic mass is 19.3. The standard InChI is InChI=1S/C21H38F2/c1-2-3-5-8-18-11-13-19(14-12-18)15-16-21(22,23)17-20-9-6-4-7-10-20/h18-20H,2-17H2,1H3. The third-order valence-corrected chi connectivity index (χ3v) is 6.41. The van der Waals surface area contributed by atoms with Crippen LogP contribution in [0.5, 0.6) is 0 Å². The number of rotatable bonds is 9. The molecule has 0 bridgehead atoms. The Morgan fingerprint density at radius 3 is 1.96 bits per heavy atom. The van der Waals surface area contributed by atoms with Crippen molar-refractivity contribution in [3.63, 3.8) is 0 Å². The number of hydrogen-bond donors (Lipinski definition) is 0. The van der Waals surface area contributed by atoms with Crippen molar-refractivity contribution in [2.45, 2.75) is 116 Å². The van der Waals surface area contributed by atoms with E-state index < -0.39 is 5.92 Å². The Hall–Kier alpha value is -0.140. The number of halogens is 2. The van der Waals surface area contributed by atoms with Gasteiger partial charge in [0.15, 0.2) is 0 Å². The smallest absolute Gasteiger partial charge is 0.207 e. The van der Waals surface area contributed by atoms with Crippen molar-refractivity contribution in [2.75, 3.05) is 0 Å². The monoisotopic (exact) mass is 328 g/mol. The molecule has 0 N–H and O–H groups in total. The first-order valence-corrected chi connectivity index (χ1v) is 10.5. The molecule has 0 aromatic heterocycles. The van der Waals surface area contributed by atoms with Gasteiger partial charge in [-0.1, -0.05) is 90.4 Å². The third kappa shape index (κ3) is 7.52. The van der Waals surface area contributed by atoms with E-state index in [4.69, 9.17) is 0 Å². The van der Waals surface area contributed by atoms with Crippen LogP contribution in [0.2, 0.25) is 0 Å². The predicted molar refractivity (Wildman–Crippen MR) is 95.0 cm³/mol. The first kappa shape index (κ1) is 19.2. The molecule has 0 amide bonds. The fourth-order valence-electron chi connectivity index (χ4n) is 4.82. The van der Waals surface area contributed by atoms with Crippen molar-refractivity contribution < 1.29 is 8.78 Å². The summed E-state index contributed by atoms with van der Waals surface area (Å²) in [7, 11) is 0. The second-order valence-corrected chi connectivity index (χ2v) is 8.49. The molecule has 2 fully saturated rings. The highest BCUT2D eigenvalue weighted by Crippen LogP contribution is 2.39. The lowest BCUT2D eigenvalue weighted by molar-refractivity contribution is -0.0412. The van der Waals surface area contributed by atoms with Crippen LogP contribution in [0.1, 0.15) is 110 Å². The van der Waals surface area contributed by atoms with Gasteiger partial charge in [-0.2, -0.15) is 0 Å². The van der Waals surface area contributed by atoms with E-state index in [-0.39, 0.29) is 12.8 Å². The second kappa shape index (κ2) is 9.99. The Morgan fingerprint density at radius 2 is 1.35 bits per heavy atom. The van der Waals surface area contributed by atoms with Crippen LogP contribution in [0.4, 0.5) is 8.78 Å². The first-order valence-electron chi connectivity index (χ1n) is 10.5. The fraction of sp³-hybridized carbons (Fsp3) is 1.00. The highest BCUT2D eigenvalue weighted by molar-refractivity contribution is 4.78. The van der Waals surface area contributed by atoms with Crippen molar-refractivity contribution >= 4 is 0 Å². The first-order chi connectivity index (χ1) is 11.1. The van der Waals surface area contributed by atoms with Gasteiger partial charge in [0.1, 0.15) is 0 Å². The molecule has 0 aromatic carbocycles. The average Bonchev–Trinajstić information content (AvgIpc) is 2.55. The van der Waals surface area contributed by atoms with Crippen molar-refractivity contribution in [1.82, 2.24) is 0 Å². The second-order valence-electron chi connectivity index (χ2n) is 8.49. The van der Waals surface area contributed by atoms with E-state index in [9.17, 15) is 8.78 Å². The van der Waals surface area contributed by atoms with Crippen molar-refractivity contribution in [3.05, 3.63) is 0 Å². The summed E-state index contributed by atoms with van der Waals surface area (Å²) in [4.78, 5) is 0. The zero-order chi connectivity index (χ0) is 16.5. The topological polar surface area (TPSA) is 0 Å². The zero-order valence-electron chi connectivity index (χ0n) is 15.3. The molecule has 2 heteroatoms. The summed E-state index contributed by atoms with van der Waals surface area (Å²) >= 11 is 0. The van der Waals surface area contributed by atoms with Crippen LogP contribution in [0, 0.1) is 17.8 Å². The largest absolute Gasteiger partial charge is 0.248 e. The number of hydrogen-bond acceptors (Lipinski definition) is 0. The molecule has 2 aliphatic rings. The molecule has 2 rings (SSSR count). The van der Waals surface area contributed by atoms with Crippen molar-refractivity contribution in [3.8, 4) is 0 Å². The molecular formula is C21H38F2. The summed E-state index contributed by atoms with van der Waals surface area (Å²) in [6.07, 6.45) is 17.1. The van der Waals surface area contributed by atoms with Gasteiger partial charge in [0.25, 0.3) is 0 Å². The molecule has 0 aromatic rings. The summed E-state index contributed by atoms with van der Waals surface area (Å²) < 4.78 is 28.5. The summed E-state index contributed by atoms with van der Waals surface area (Å²) in [5, 5.41) is 0. The minimum absolute atomic E-state index is 0.147. The molecule has 0 atom stereocenters. The van der Waals surface area contributed by atoms with E-state index in [1.165, 1.54) is 70.6 Å². The normalized spacial score (nSPS) is 27.3. The maximum atomic E-state index is 14.2. The molecule has 0 nitrogen and oxygen atoms in total. The fourth-order valence-corrected chi connectivity index (χ4v) is 4.82. The SMILES string of the molecule is CCCCCC1CCC(CCC(F)(F)CC2CCCCC2)CC1. The van der Waals surface area contributed by atoms with Gasteiger partial charge in [0.2, 0.25) is 5.92 Å². The van der Waals surface area contributed by atoms with E-state index in [0.717, 1.165) is 25.2 Å². The Morgan fingerprint density at radius 1 is 0.739 bits per heavy atom. The molecule has 0 radical (unpaired) electrons. The van der Waals surface area contributed by atoms with Crippen molar-refractivity contribution in [2.24, 2.45) is 17.8 Å².